The van der Waals surface area contributed by atoms with Gasteiger partial charge in [-0.3, -0.25) is 0 Å². The van der Waals surface area contributed by atoms with E-state index in [4.69, 9.17) is 4.98 Å². The molecule has 1 aromatic rings. The van der Waals surface area contributed by atoms with Crippen LogP contribution in [0.5, 0.6) is 0 Å². The predicted octanol–water partition coefficient (Wildman–Crippen LogP) is 8.59. The predicted molar refractivity (Wildman–Crippen MR) is 126 cm³/mol. The molecule has 0 bridgehead atoms. The average molecular weight is 444 g/mol. The molecular weight excluding hydrogens is 396 g/mol. The van der Waals surface area contributed by atoms with E-state index in [0.29, 0.717) is 0 Å². The first-order valence-corrected chi connectivity index (χ1v) is 11.8. The third-order valence-electron chi connectivity index (χ3n) is 5.56. The lowest BCUT2D eigenvalue weighted by molar-refractivity contribution is 0.539. The van der Waals surface area contributed by atoms with Crippen molar-refractivity contribution in [2.75, 3.05) is 0 Å². The van der Waals surface area contributed by atoms with Gasteiger partial charge in [-0.05, 0) is 26.2 Å². The molecule has 2 nitrogen and oxygen atoms in total. The van der Waals surface area contributed by atoms with Gasteiger partial charge in [-0.15, -0.1) is 17.0 Å². The van der Waals surface area contributed by atoms with Crippen molar-refractivity contribution < 1.29 is 0 Å². The van der Waals surface area contributed by atoms with E-state index in [9.17, 15) is 0 Å². The highest BCUT2D eigenvalue weighted by atomic mass is 79.9. The lowest BCUT2D eigenvalue weighted by Gasteiger charge is -2.05. The number of unbranched alkanes of at least 4 members (excludes halogenated alkanes) is 14. The molecule has 1 rings (SSSR count). The zero-order valence-corrected chi connectivity index (χ0v) is 20.3. The fraction of sp³-hybridized carbons (Fsp3) is 0.875. The Kier molecular flexibility index (Phi) is 18.8. The maximum absolute atomic E-state index is 4.78. The fourth-order valence-electron chi connectivity index (χ4n) is 3.78. The van der Waals surface area contributed by atoms with E-state index in [0.717, 1.165) is 6.54 Å². The minimum absolute atomic E-state index is 0. The van der Waals surface area contributed by atoms with Crippen LogP contribution in [0.15, 0.2) is 6.20 Å². The number of halogens is 1. The topological polar surface area (TPSA) is 17.8 Å². The first kappa shape index (κ1) is 26.7. The summed E-state index contributed by atoms with van der Waals surface area (Å²) >= 11 is 0. The van der Waals surface area contributed by atoms with Crippen LogP contribution in [0.1, 0.15) is 128 Å². The Morgan fingerprint density at radius 2 is 1.11 bits per heavy atom. The molecule has 0 saturated heterocycles. The van der Waals surface area contributed by atoms with Crippen LogP contribution in [0.2, 0.25) is 0 Å². The summed E-state index contributed by atoms with van der Waals surface area (Å²) in [7, 11) is 0. The molecule has 0 saturated carbocycles. The van der Waals surface area contributed by atoms with E-state index < -0.39 is 0 Å². The maximum Gasteiger partial charge on any atom is 0.105 e. The smallest absolute Gasteiger partial charge is 0.105 e. The van der Waals surface area contributed by atoms with Crippen molar-refractivity contribution in [3.05, 3.63) is 17.7 Å². The quantitative estimate of drug-likeness (QED) is 0.208. The van der Waals surface area contributed by atoms with Gasteiger partial charge in [0, 0.05) is 12.7 Å². The van der Waals surface area contributed by atoms with Crippen LogP contribution in [-0.4, -0.2) is 9.55 Å². The Hall–Kier alpha value is -0.310. The lowest BCUT2D eigenvalue weighted by Crippen LogP contribution is -1.99. The van der Waals surface area contributed by atoms with E-state index in [2.05, 4.69) is 31.5 Å². The van der Waals surface area contributed by atoms with Gasteiger partial charge >= 0.3 is 0 Å². The van der Waals surface area contributed by atoms with Crippen molar-refractivity contribution in [2.24, 2.45) is 0 Å². The Bertz CT molecular complexity index is 428. The number of aryl methyl sites for hydroxylation is 3. The van der Waals surface area contributed by atoms with E-state index in [1.165, 1.54) is 121 Å². The van der Waals surface area contributed by atoms with Crippen LogP contribution >= 0.6 is 17.0 Å². The molecule has 0 amide bonds. The standard InChI is InChI=1S/C24H46N2.BrH/c1-4-6-8-10-12-14-16-18-20-24-22-26(23(3)25-24)21-19-17-15-13-11-9-7-5-2;/h22H,4-21H2,1-3H3;1H. The summed E-state index contributed by atoms with van der Waals surface area (Å²) in [5, 5.41) is 0. The third kappa shape index (κ3) is 14.4. The second-order valence-electron chi connectivity index (χ2n) is 8.17. The molecule has 0 aliphatic carbocycles. The molecule has 0 radical (unpaired) electrons. The number of rotatable bonds is 18. The minimum atomic E-state index is 0. The largest absolute Gasteiger partial charge is 0.335 e. The molecule has 0 atom stereocenters. The van der Waals surface area contributed by atoms with Gasteiger partial charge in [0.1, 0.15) is 5.82 Å². The van der Waals surface area contributed by atoms with Crippen molar-refractivity contribution in [3.8, 4) is 0 Å². The van der Waals surface area contributed by atoms with Crippen LogP contribution < -0.4 is 0 Å². The molecule has 3 heteroatoms. The van der Waals surface area contributed by atoms with E-state index in [1.54, 1.807) is 0 Å². The SMILES string of the molecule is Br.CCCCCCCCCCc1cn(CCCCCCCCCC)c(C)n1. The highest BCUT2D eigenvalue weighted by Crippen LogP contribution is 2.13. The average Bonchev–Trinajstić information content (AvgIpc) is 2.99. The molecule has 0 spiro atoms. The molecule has 0 fully saturated rings. The van der Waals surface area contributed by atoms with Gasteiger partial charge in [0.2, 0.25) is 0 Å². The van der Waals surface area contributed by atoms with Gasteiger partial charge < -0.3 is 4.57 Å². The molecule has 1 heterocycles. The zero-order valence-electron chi connectivity index (χ0n) is 18.6. The molecule has 0 N–H and O–H groups in total. The van der Waals surface area contributed by atoms with E-state index >= 15 is 0 Å². The van der Waals surface area contributed by atoms with Crippen molar-refractivity contribution >= 4 is 17.0 Å². The maximum atomic E-state index is 4.78. The molecule has 0 aliphatic rings. The number of aromatic nitrogens is 2. The lowest BCUT2D eigenvalue weighted by atomic mass is 10.1. The minimum Gasteiger partial charge on any atom is -0.335 e. The summed E-state index contributed by atoms with van der Waals surface area (Å²) < 4.78 is 2.39. The molecule has 0 aromatic carbocycles. The Balaban J connectivity index is 0.00000676. The summed E-state index contributed by atoms with van der Waals surface area (Å²) in [6.45, 7) is 7.90. The van der Waals surface area contributed by atoms with E-state index in [-0.39, 0.29) is 17.0 Å². The van der Waals surface area contributed by atoms with Crippen molar-refractivity contribution in [2.45, 2.75) is 136 Å². The van der Waals surface area contributed by atoms with Crippen molar-refractivity contribution in [1.29, 1.82) is 0 Å². The second-order valence-corrected chi connectivity index (χ2v) is 8.17. The molecular formula is C24H47BrN2. The third-order valence-corrected chi connectivity index (χ3v) is 5.56. The zero-order chi connectivity index (χ0) is 18.9. The van der Waals surface area contributed by atoms with Crippen molar-refractivity contribution in [1.82, 2.24) is 9.55 Å². The highest BCUT2D eigenvalue weighted by molar-refractivity contribution is 8.93. The van der Waals surface area contributed by atoms with Gasteiger partial charge in [-0.1, -0.05) is 104 Å². The Morgan fingerprint density at radius 1 is 0.667 bits per heavy atom. The van der Waals surface area contributed by atoms with Crippen LogP contribution in [0.4, 0.5) is 0 Å². The van der Waals surface area contributed by atoms with Crippen LogP contribution in [0.25, 0.3) is 0 Å². The Labute approximate surface area is 180 Å². The van der Waals surface area contributed by atoms with Crippen LogP contribution in [-0.2, 0) is 13.0 Å². The van der Waals surface area contributed by atoms with Gasteiger partial charge in [-0.2, -0.15) is 0 Å². The van der Waals surface area contributed by atoms with Gasteiger partial charge in [-0.25, -0.2) is 4.98 Å². The number of nitrogens with zero attached hydrogens (tertiary/aromatic N) is 2. The summed E-state index contributed by atoms with van der Waals surface area (Å²) in [6.07, 6.45) is 25.7. The summed E-state index contributed by atoms with van der Waals surface area (Å²) in [5.41, 5.74) is 1.31. The first-order chi connectivity index (χ1) is 12.8. The highest BCUT2D eigenvalue weighted by Gasteiger charge is 2.04. The summed E-state index contributed by atoms with van der Waals surface area (Å²) in [5.74, 6) is 1.21. The number of hydrogen-bond donors (Lipinski definition) is 0. The van der Waals surface area contributed by atoms with Gasteiger partial charge in [0.05, 0.1) is 5.69 Å². The normalized spacial score (nSPS) is 10.9. The van der Waals surface area contributed by atoms with E-state index in [1.807, 2.05) is 0 Å². The molecule has 1 aromatic heterocycles. The van der Waals surface area contributed by atoms with Crippen LogP contribution in [0, 0.1) is 6.92 Å². The molecule has 27 heavy (non-hydrogen) atoms. The molecule has 0 unspecified atom stereocenters. The van der Waals surface area contributed by atoms with Gasteiger partial charge in [0.15, 0.2) is 0 Å². The van der Waals surface area contributed by atoms with Crippen LogP contribution in [0.3, 0.4) is 0 Å². The monoisotopic (exact) mass is 442 g/mol. The Morgan fingerprint density at radius 3 is 1.63 bits per heavy atom. The fourth-order valence-corrected chi connectivity index (χ4v) is 3.78. The molecule has 160 valence electrons. The van der Waals surface area contributed by atoms with Crippen molar-refractivity contribution in [3.63, 3.8) is 0 Å². The summed E-state index contributed by atoms with van der Waals surface area (Å²) in [4.78, 5) is 4.78. The molecule has 0 aliphatic heterocycles. The second kappa shape index (κ2) is 19.0. The number of hydrogen-bond acceptors (Lipinski definition) is 1. The number of imidazole rings is 1. The summed E-state index contributed by atoms with van der Waals surface area (Å²) in [6, 6.07) is 0. The van der Waals surface area contributed by atoms with Gasteiger partial charge in [0.25, 0.3) is 0 Å². The first-order valence-electron chi connectivity index (χ1n) is 11.8.